The summed E-state index contributed by atoms with van der Waals surface area (Å²) in [5, 5.41) is 11.0. The summed E-state index contributed by atoms with van der Waals surface area (Å²) in [6, 6.07) is 4.93. The van der Waals surface area contributed by atoms with E-state index in [-0.39, 0.29) is 16.3 Å². The van der Waals surface area contributed by atoms with E-state index >= 15 is 0 Å². The van der Waals surface area contributed by atoms with Crippen molar-refractivity contribution in [1.82, 2.24) is 9.80 Å². The number of ether oxygens (including phenoxy) is 1. The fraction of sp³-hybridized carbons (Fsp3) is 0.556. The molecule has 0 unspecified atom stereocenters. The van der Waals surface area contributed by atoms with Crippen molar-refractivity contribution in [2.45, 2.75) is 31.4 Å². The van der Waals surface area contributed by atoms with Gasteiger partial charge in [-0.25, -0.2) is 0 Å². The molecular weight excluding hydrogens is 306 g/mol. The van der Waals surface area contributed by atoms with Gasteiger partial charge in [-0.05, 0) is 44.0 Å². The second kappa shape index (κ2) is 5.86. The average molecular weight is 329 g/mol. The van der Waals surface area contributed by atoms with E-state index in [2.05, 4.69) is 22.9 Å². The molecule has 1 atom stereocenters. The van der Waals surface area contributed by atoms with Gasteiger partial charge in [-0.15, -0.1) is 0 Å². The van der Waals surface area contributed by atoms with Crippen LogP contribution in [0.3, 0.4) is 0 Å². The first kappa shape index (κ1) is 15.6. The molecule has 3 aliphatic rings. The Morgan fingerprint density at radius 1 is 1.21 bits per heavy atom. The third-order valence-corrected chi connectivity index (χ3v) is 5.54. The second-order valence-electron chi connectivity index (χ2n) is 7.03. The maximum Gasteiger partial charge on any atom is 0.270 e. The Kier molecular flexibility index (Phi) is 3.81. The standard InChI is InChI=1S/C18H23N3O3/c1-19-8-10-20(11-9-19)18-7-3-2-4-15(18)12-14-13-16(21(22)23)5-6-17(14)24-18/h5-6,12-13H,2-4,7-11H2,1H3/t18-/m0/s1. The SMILES string of the molecule is CN1CCN([C@]23CCCCC2=Cc2cc([N+](=O)[O-])ccc2O3)CC1. The third kappa shape index (κ3) is 2.50. The zero-order chi connectivity index (χ0) is 16.7. The molecule has 0 aromatic heterocycles. The molecule has 0 amide bonds. The van der Waals surface area contributed by atoms with Crippen LogP contribution in [0.1, 0.15) is 31.2 Å². The van der Waals surface area contributed by atoms with E-state index in [0.29, 0.717) is 0 Å². The summed E-state index contributed by atoms with van der Waals surface area (Å²) >= 11 is 0. The summed E-state index contributed by atoms with van der Waals surface area (Å²) in [4.78, 5) is 15.5. The van der Waals surface area contributed by atoms with Gasteiger partial charge in [0.25, 0.3) is 5.69 Å². The predicted octanol–water partition coefficient (Wildman–Crippen LogP) is 2.89. The minimum Gasteiger partial charge on any atom is -0.468 e. The Morgan fingerprint density at radius 2 is 2.00 bits per heavy atom. The number of fused-ring (bicyclic) bond motifs is 2. The number of non-ortho nitro benzene ring substituents is 1. The lowest BCUT2D eigenvalue weighted by Gasteiger charge is -2.51. The van der Waals surface area contributed by atoms with Crippen LogP contribution in [-0.2, 0) is 0 Å². The quantitative estimate of drug-likeness (QED) is 0.617. The maximum absolute atomic E-state index is 11.0. The number of rotatable bonds is 2. The largest absolute Gasteiger partial charge is 0.468 e. The van der Waals surface area contributed by atoms with Crippen LogP contribution in [0.5, 0.6) is 5.75 Å². The summed E-state index contributed by atoms with van der Waals surface area (Å²) in [5.74, 6) is 0.769. The molecule has 1 aromatic carbocycles. The minimum absolute atomic E-state index is 0.122. The number of nitro groups is 1. The van der Waals surface area contributed by atoms with Crippen LogP contribution in [0.4, 0.5) is 5.69 Å². The summed E-state index contributed by atoms with van der Waals surface area (Å²) in [6.45, 7) is 4.09. The van der Waals surface area contributed by atoms with E-state index in [1.54, 1.807) is 12.1 Å². The van der Waals surface area contributed by atoms with E-state index in [1.807, 2.05) is 0 Å². The van der Waals surface area contributed by atoms with Crippen molar-refractivity contribution in [2.24, 2.45) is 0 Å². The number of hydrogen-bond donors (Lipinski definition) is 0. The van der Waals surface area contributed by atoms with Crippen LogP contribution in [0, 0.1) is 10.1 Å². The molecule has 0 bridgehead atoms. The summed E-state index contributed by atoms with van der Waals surface area (Å²) < 4.78 is 6.55. The first-order chi connectivity index (χ1) is 11.6. The summed E-state index contributed by atoms with van der Waals surface area (Å²) in [6.07, 6.45) is 6.47. The fourth-order valence-electron chi connectivity index (χ4n) is 4.16. The molecule has 128 valence electrons. The minimum atomic E-state index is -0.345. The van der Waals surface area contributed by atoms with E-state index in [9.17, 15) is 10.1 Å². The van der Waals surface area contributed by atoms with E-state index in [4.69, 9.17) is 4.74 Å². The number of piperazine rings is 1. The van der Waals surface area contributed by atoms with Crippen LogP contribution in [0.15, 0.2) is 23.8 Å². The van der Waals surface area contributed by atoms with Crippen molar-refractivity contribution in [3.8, 4) is 5.75 Å². The van der Waals surface area contributed by atoms with E-state index in [0.717, 1.165) is 63.2 Å². The smallest absolute Gasteiger partial charge is 0.270 e. The molecule has 24 heavy (non-hydrogen) atoms. The van der Waals surface area contributed by atoms with Gasteiger partial charge >= 0.3 is 0 Å². The van der Waals surface area contributed by atoms with Crippen LogP contribution in [-0.4, -0.2) is 53.7 Å². The molecule has 6 nitrogen and oxygen atoms in total. The Morgan fingerprint density at radius 3 is 2.75 bits per heavy atom. The van der Waals surface area contributed by atoms with Crippen LogP contribution >= 0.6 is 0 Å². The number of nitro benzene ring substituents is 1. The predicted molar refractivity (Wildman–Crippen MR) is 92.0 cm³/mol. The van der Waals surface area contributed by atoms with Crippen molar-refractivity contribution >= 4 is 11.8 Å². The Hall–Kier alpha value is -1.92. The first-order valence-electron chi connectivity index (χ1n) is 8.71. The number of hydrogen-bond acceptors (Lipinski definition) is 5. The molecule has 2 fully saturated rings. The molecule has 4 rings (SSSR count). The van der Waals surface area contributed by atoms with Crippen molar-refractivity contribution < 1.29 is 9.66 Å². The summed E-state index contributed by atoms with van der Waals surface area (Å²) in [7, 11) is 2.16. The van der Waals surface area contributed by atoms with Crippen molar-refractivity contribution in [2.75, 3.05) is 33.2 Å². The second-order valence-corrected chi connectivity index (χ2v) is 7.03. The number of nitrogens with zero attached hydrogens (tertiary/aromatic N) is 3. The maximum atomic E-state index is 11.0. The third-order valence-electron chi connectivity index (χ3n) is 5.54. The Labute approximate surface area is 141 Å². The molecule has 1 aliphatic carbocycles. The van der Waals surface area contributed by atoms with Crippen LogP contribution in [0.25, 0.3) is 6.08 Å². The molecule has 0 spiro atoms. The molecule has 2 heterocycles. The normalized spacial score (nSPS) is 27.6. The van der Waals surface area contributed by atoms with Gasteiger partial charge in [0.15, 0.2) is 5.72 Å². The van der Waals surface area contributed by atoms with Gasteiger partial charge in [0.05, 0.1) is 4.92 Å². The fourth-order valence-corrected chi connectivity index (χ4v) is 4.16. The Balaban J connectivity index is 1.72. The van der Waals surface area contributed by atoms with Gasteiger partial charge in [0, 0.05) is 50.3 Å². The van der Waals surface area contributed by atoms with Gasteiger partial charge in [0.1, 0.15) is 5.75 Å². The van der Waals surface area contributed by atoms with Gasteiger partial charge < -0.3 is 9.64 Å². The lowest BCUT2D eigenvalue weighted by molar-refractivity contribution is -0.384. The lowest BCUT2D eigenvalue weighted by Crippen LogP contribution is -2.61. The van der Waals surface area contributed by atoms with E-state index in [1.165, 1.54) is 11.6 Å². The molecule has 6 heteroatoms. The zero-order valence-electron chi connectivity index (χ0n) is 14.0. The average Bonchev–Trinajstić information content (AvgIpc) is 2.59. The van der Waals surface area contributed by atoms with Gasteiger partial charge in [-0.1, -0.05) is 0 Å². The first-order valence-corrected chi connectivity index (χ1v) is 8.71. The van der Waals surface area contributed by atoms with Crippen molar-refractivity contribution in [3.63, 3.8) is 0 Å². The highest BCUT2D eigenvalue weighted by atomic mass is 16.6. The highest BCUT2D eigenvalue weighted by Crippen LogP contribution is 2.46. The zero-order valence-corrected chi connectivity index (χ0v) is 14.0. The number of benzene rings is 1. The monoisotopic (exact) mass is 329 g/mol. The van der Waals surface area contributed by atoms with Gasteiger partial charge in [-0.3, -0.25) is 15.0 Å². The van der Waals surface area contributed by atoms with Gasteiger partial charge in [-0.2, -0.15) is 0 Å². The topological polar surface area (TPSA) is 58.9 Å². The molecule has 1 saturated heterocycles. The molecular formula is C18H23N3O3. The molecule has 0 radical (unpaired) electrons. The van der Waals surface area contributed by atoms with Crippen molar-refractivity contribution in [3.05, 3.63) is 39.4 Å². The Bertz CT molecular complexity index is 695. The van der Waals surface area contributed by atoms with Crippen LogP contribution < -0.4 is 4.74 Å². The molecule has 2 aliphatic heterocycles. The lowest BCUT2D eigenvalue weighted by atomic mass is 9.82. The van der Waals surface area contributed by atoms with E-state index < -0.39 is 0 Å². The highest BCUT2D eigenvalue weighted by Gasteiger charge is 2.46. The van der Waals surface area contributed by atoms with Crippen molar-refractivity contribution in [1.29, 1.82) is 0 Å². The summed E-state index contributed by atoms with van der Waals surface area (Å²) in [5.41, 5.74) is 1.90. The molecule has 0 N–H and O–H groups in total. The van der Waals surface area contributed by atoms with Crippen LogP contribution in [0.2, 0.25) is 0 Å². The molecule has 1 saturated carbocycles. The van der Waals surface area contributed by atoms with Gasteiger partial charge in [0.2, 0.25) is 0 Å². The molecule has 1 aromatic rings. The highest BCUT2D eigenvalue weighted by molar-refractivity contribution is 5.67. The number of likely N-dealkylation sites (N-methyl/N-ethyl adjacent to an activating group) is 1.